The molecule has 18 heavy (non-hydrogen) atoms. The lowest BCUT2D eigenvalue weighted by Crippen LogP contribution is -2.50. The monoisotopic (exact) mass is 253 g/mol. The third-order valence-corrected chi connectivity index (χ3v) is 4.66. The number of piperidine rings is 1. The second-order valence-electron chi connectivity index (χ2n) is 5.95. The van der Waals surface area contributed by atoms with Crippen LogP contribution in [0.3, 0.4) is 0 Å². The van der Waals surface area contributed by atoms with Crippen LogP contribution < -0.4 is 11.1 Å². The molecule has 1 aliphatic carbocycles. The van der Waals surface area contributed by atoms with Gasteiger partial charge in [-0.15, -0.1) is 0 Å². The summed E-state index contributed by atoms with van der Waals surface area (Å²) in [5.41, 5.74) is 5.30. The normalized spacial score (nSPS) is 25.1. The Morgan fingerprint density at radius 2 is 1.78 bits per heavy atom. The minimum Gasteiger partial charge on any atom is -0.351 e. The maximum absolute atomic E-state index is 11.1. The van der Waals surface area contributed by atoms with Crippen molar-refractivity contribution < 1.29 is 4.79 Å². The zero-order chi connectivity index (χ0) is 13.0. The molecule has 1 saturated carbocycles. The molecule has 104 valence electrons. The van der Waals surface area contributed by atoms with Gasteiger partial charge in [-0.3, -0.25) is 0 Å². The van der Waals surface area contributed by atoms with Gasteiger partial charge in [0.15, 0.2) is 0 Å². The lowest BCUT2D eigenvalue weighted by Gasteiger charge is -2.36. The fourth-order valence-corrected chi connectivity index (χ4v) is 3.41. The molecule has 0 radical (unpaired) electrons. The van der Waals surface area contributed by atoms with Crippen molar-refractivity contribution in [1.82, 2.24) is 10.2 Å². The van der Waals surface area contributed by atoms with Gasteiger partial charge in [0.25, 0.3) is 0 Å². The van der Waals surface area contributed by atoms with Crippen molar-refractivity contribution in [1.29, 1.82) is 0 Å². The average Bonchev–Trinajstić information content (AvgIpc) is 2.40. The number of primary amides is 1. The van der Waals surface area contributed by atoms with E-state index in [-0.39, 0.29) is 6.03 Å². The minimum absolute atomic E-state index is 0.270. The third kappa shape index (κ3) is 3.61. The van der Waals surface area contributed by atoms with Crippen molar-refractivity contribution in [2.24, 2.45) is 11.7 Å². The summed E-state index contributed by atoms with van der Waals surface area (Å²) in [5, 5.41) is 3.77. The first-order valence-electron chi connectivity index (χ1n) is 7.47. The molecule has 0 aromatic heterocycles. The van der Waals surface area contributed by atoms with Crippen molar-refractivity contribution in [3.05, 3.63) is 0 Å². The molecule has 2 aliphatic rings. The predicted molar refractivity (Wildman–Crippen MR) is 73.4 cm³/mol. The van der Waals surface area contributed by atoms with E-state index >= 15 is 0 Å². The summed E-state index contributed by atoms with van der Waals surface area (Å²) >= 11 is 0. The van der Waals surface area contributed by atoms with E-state index in [9.17, 15) is 4.79 Å². The van der Waals surface area contributed by atoms with Gasteiger partial charge < -0.3 is 16.0 Å². The topological polar surface area (TPSA) is 58.4 Å². The molecule has 1 aliphatic heterocycles. The Kier molecular flexibility index (Phi) is 4.87. The zero-order valence-electron chi connectivity index (χ0n) is 11.5. The van der Waals surface area contributed by atoms with Crippen LogP contribution in [0.5, 0.6) is 0 Å². The van der Waals surface area contributed by atoms with E-state index in [0.29, 0.717) is 12.1 Å². The van der Waals surface area contributed by atoms with Gasteiger partial charge in [0, 0.05) is 25.2 Å². The molecule has 0 bridgehead atoms. The van der Waals surface area contributed by atoms with Crippen molar-refractivity contribution in [3.63, 3.8) is 0 Å². The fourth-order valence-electron chi connectivity index (χ4n) is 3.41. The number of nitrogens with two attached hydrogens (primary N) is 1. The van der Waals surface area contributed by atoms with Crippen molar-refractivity contribution in [3.8, 4) is 0 Å². The summed E-state index contributed by atoms with van der Waals surface area (Å²) in [6.07, 6.45) is 9.07. The van der Waals surface area contributed by atoms with Crippen LogP contribution >= 0.6 is 0 Å². The molecule has 3 N–H and O–H groups in total. The van der Waals surface area contributed by atoms with Crippen LogP contribution in [0.15, 0.2) is 0 Å². The first-order chi connectivity index (χ1) is 8.66. The Morgan fingerprint density at radius 1 is 1.17 bits per heavy atom. The highest BCUT2D eigenvalue weighted by Gasteiger charge is 2.25. The molecular formula is C14H27N3O. The summed E-state index contributed by atoms with van der Waals surface area (Å²) < 4.78 is 0. The van der Waals surface area contributed by atoms with Crippen LogP contribution in [0.2, 0.25) is 0 Å². The van der Waals surface area contributed by atoms with E-state index < -0.39 is 0 Å². The molecule has 1 heterocycles. The van der Waals surface area contributed by atoms with Gasteiger partial charge in [-0.2, -0.15) is 0 Å². The predicted octanol–water partition coefficient (Wildman–Crippen LogP) is 2.09. The highest BCUT2D eigenvalue weighted by Crippen LogP contribution is 2.27. The molecular weight excluding hydrogens is 226 g/mol. The number of hydrogen-bond acceptors (Lipinski definition) is 2. The largest absolute Gasteiger partial charge is 0.351 e. The third-order valence-electron chi connectivity index (χ3n) is 4.66. The van der Waals surface area contributed by atoms with Crippen LogP contribution in [0.1, 0.15) is 51.9 Å². The minimum atomic E-state index is -0.270. The highest BCUT2D eigenvalue weighted by atomic mass is 16.2. The molecule has 1 atom stereocenters. The number of carbonyl (C=O) groups excluding carboxylic acids is 1. The quantitative estimate of drug-likeness (QED) is 0.809. The van der Waals surface area contributed by atoms with Crippen LogP contribution in [0.25, 0.3) is 0 Å². The first kappa shape index (κ1) is 13.7. The van der Waals surface area contributed by atoms with E-state index in [1.807, 2.05) is 0 Å². The smallest absolute Gasteiger partial charge is 0.314 e. The SMILES string of the molecule is C[C@@H](NC1CCN(C(N)=O)CC1)C1CCCCC1. The molecule has 0 spiro atoms. The van der Waals surface area contributed by atoms with Gasteiger partial charge in [-0.25, -0.2) is 4.79 Å². The summed E-state index contributed by atoms with van der Waals surface area (Å²) in [6.45, 7) is 3.95. The van der Waals surface area contributed by atoms with E-state index in [2.05, 4.69) is 12.2 Å². The van der Waals surface area contributed by atoms with Gasteiger partial charge in [0.2, 0.25) is 0 Å². The number of likely N-dealkylation sites (tertiary alicyclic amines) is 1. The standard InChI is InChI=1S/C14H27N3O/c1-11(12-5-3-2-4-6-12)16-13-7-9-17(10-8-13)14(15)18/h11-13,16H,2-10H2,1H3,(H2,15,18)/t11-/m1/s1. The summed E-state index contributed by atoms with van der Waals surface area (Å²) in [5.74, 6) is 0.855. The van der Waals surface area contributed by atoms with E-state index in [1.165, 1.54) is 32.1 Å². The lowest BCUT2D eigenvalue weighted by molar-refractivity contribution is 0.175. The number of urea groups is 1. The Hall–Kier alpha value is -0.770. The molecule has 1 saturated heterocycles. The average molecular weight is 253 g/mol. The van der Waals surface area contributed by atoms with Gasteiger partial charge in [0.05, 0.1) is 0 Å². The van der Waals surface area contributed by atoms with Gasteiger partial charge in [-0.1, -0.05) is 19.3 Å². The maximum atomic E-state index is 11.1. The Balaban J connectivity index is 1.71. The van der Waals surface area contributed by atoms with Crippen LogP contribution in [-0.2, 0) is 0 Å². The van der Waals surface area contributed by atoms with Crippen molar-refractivity contribution in [2.45, 2.75) is 64.0 Å². The Labute approximate surface area is 110 Å². The van der Waals surface area contributed by atoms with Gasteiger partial charge in [-0.05, 0) is 38.5 Å². The van der Waals surface area contributed by atoms with Crippen molar-refractivity contribution >= 4 is 6.03 Å². The number of hydrogen-bond donors (Lipinski definition) is 2. The highest BCUT2D eigenvalue weighted by molar-refractivity contribution is 5.72. The van der Waals surface area contributed by atoms with Crippen LogP contribution in [0.4, 0.5) is 4.79 Å². The molecule has 0 aromatic rings. The fraction of sp³-hybridized carbons (Fsp3) is 0.929. The Bertz CT molecular complexity index is 268. The molecule has 2 fully saturated rings. The lowest BCUT2D eigenvalue weighted by atomic mass is 9.84. The molecule has 0 unspecified atom stereocenters. The van der Waals surface area contributed by atoms with E-state index in [0.717, 1.165) is 31.8 Å². The molecule has 0 aromatic carbocycles. The molecule has 4 nitrogen and oxygen atoms in total. The number of carbonyl (C=O) groups is 1. The number of rotatable bonds is 3. The summed E-state index contributed by atoms with van der Waals surface area (Å²) in [6, 6.07) is 0.918. The van der Waals surface area contributed by atoms with Crippen LogP contribution in [-0.4, -0.2) is 36.1 Å². The maximum Gasteiger partial charge on any atom is 0.314 e. The van der Waals surface area contributed by atoms with Crippen LogP contribution in [0, 0.1) is 5.92 Å². The number of nitrogens with zero attached hydrogens (tertiary/aromatic N) is 1. The van der Waals surface area contributed by atoms with E-state index in [4.69, 9.17) is 5.73 Å². The van der Waals surface area contributed by atoms with Gasteiger partial charge in [0.1, 0.15) is 0 Å². The molecule has 2 rings (SSSR count). The second-order valence-corrected chi connectivity index (χ2v) is 5.95. The second kappa shape index (κ2) is 6.41. The van der Waals surface area contributed by atoms with Crippen molar-refractivity contribution in [2.75, 3.05) is 13.1 Å². The van der Waals surface area contributed by atoms with Gasteiger partial charge >= 0.3 is 6.03 Å². The number of amides is 2. The zero-order valence-corrected chi connectivity index (χ0v) is 11.5. The summed E-state index contributed by atoms with van der Waals surface area (Å²) in [7, 11) is 0. The summed E-state index contributed by atoms with van der Waals surface area (Å²) in [4.78, 5) is 12.8. The van der Waals surface area contributed by atoms with E-state index in [1.54, 1.807) is 4.90 Å². The first-order valence-corrected chi connectivity index (χ1v) is 7.47. The Morgan fingerprint density at radius 3 is 2.33 bits per heavy atom. The number of nitrogens with one attached hydrogen (secondary N) is 1. The molecule has 4 heteroatoms. The molecule has 2 amide bonds.